The van der Waals surface area contributed by atoms with Crippen molar-refractivity contribution in [2.45, 2.75) is 4.90 Å². The number of hydrogen-bond donors (Lipinski definition) is 1. The lowest BCUT2D eigenvalue weighted by atomic mass is 10.1. The maximum Gasteiger partial charge on any atom is 0.245 e. The normalized spacial score (nSPS) is 14.1. The van der Waals surface area contributed by atoms with Gasteiger partial charge in [0, 0.05) is 23.5 Å². The molecule has 1 aromatic heterocycles. The fraction of sp³-hybridized carbons (Fsp3) is 0.105. The van der Waals surface area contributed by atoms with E-state index in [1.807, 2.05) is 24.3 Å². The highest BCUT2D eigenvalue weighted by Gasteiger charge is 2.25. The van der Waals surface area contributed by atoms with E-state index in [0.717, 1.165) is 10.0 Å². The molecule has 28 heavy (non-hydrogen) atoms. The number of fused-ring (bicyclic) bond motifs is 1. The summed E-state index contributed by atoms with van der Waals surface area (Å²) in [7, 11) is 0.547. The minimum Gasteiger partial charge on any atom is -0.431 e. The number of benzene rings is 2. The van der Waals surface area contributed by atoms with Gasteiger partial charge in [0.15, 0.2) is 17.4 Å². The molecule has 0 radical (unpaired) electrons. The smallest absolute Gasteiger partial charge is 0.245 e. The maximum atomic E-state index is 12.1. The molecular weight excluding hydrogens is 442 g/mol. The van der Waals surface area contributed by atoms with Crippen molar-refractivity contribution in [3.8, 4) is 17.1 Å². The summed E-state index contributed by atoms with van der Waals surface area (Å²) in [5.74, 6) is 1.78. The number of aromatic nitrogens is 2. The summed E-state index contributed by atoms with van der Waals surface area (Å²) in [6.45, 7) is 0. The van der Waals surface area contributed by atoms with Crippen LogP contribution < -0.4 is 15.5 Å². The van der Waals surface area contributed by atoms with Crippen LogP contribution in [0.3, 0.4) is 0 Å². The van der Waals surface area contributed by atoms with Gasteiger partial charge < -0.3 is 10.5 Å². The summed E-state index contributed by atoms with van der Waals surface area (Å²) >= 11 is 3.51. The van der Waals surface area contributed by atoms with Crippen molar-refractivity contribution in [2.24, 2.45) is 5.10 Å². The zero-order chi connectivity index (χ0) is 19.8. The summed E-state index contributed by atoms with van der Waals surface area (Å²) in [5.41, 5.74) is 7.96. The van der Waals surface area contributed by atoms with Crippen molar-refractivity contribution in [1.29, 1.82) is 0 Å². The van der Waals surface area contributed by atoms with Gasteiger partial charge in [-0.15, -0.1) is 5.10 Å². The molecular formula is C19H16BrN5O2S. The standard InChI is InChI=1S/C19H16BrN5O2S/c1-25-18-14(27-19(24-25)11-6-3-4-7-12(11)20)10-22-17(23-18)16-13(21)8-5-9-15(16)28(2)26/h3-10H,21H2,1-2H3. The molecule has 1 atom stereocenters. The third-order valence-corrected chi connectivity index (χ3v) is 5.84. The van der Waals surface area contributed by atoms with E-state index < -0.39 is 10.8 Å². The molecule has 1 unspecified atom stereocenters. The number of nitrogen functional groups attached to an aromatic ring is 1. The third kappa shape index (κ3) is 3.27. The second kappa shape index (κ2) is 7.33. The van der Waals surface area contributed by atoms with Crippen LogP contribution in [-0.4, -0.2) is 33.4 Å². The van der Waals surface area contributed by atoms with Gasteiger partial charge in [0.1, 0.15) is 0 Å². The fourth-order valence-electron chi connectivity index (χ4n) is 2.86. The Labute approximate surface area is 172 Å². The Morgan fingerprint density at radius 2 is 1.96 bits per heavy atom. The lowest BCUT2D eigenvalue weighted by molar-refractivity contribution is 0.525. The van der Waals surface area contributed by atoms with Crippen LogP contribution in [0, 0.1) is 0 Å². The van der Waals surface area contributed by atoms with Gasteiger partial charge in [0.05, 0.1) is 33.0 Å². The van der Waals surface area contributed by atoms with Gasteiger partial charge in [-0.25, -0.2) is 15.0 Å². The van der Waals surface area contributed by atoms with Crippen LogP contribution in [0.2, 0.25) is 0 Å². The topological polar surface area (TPSA) is 93.7 Å². The SMILES string of the molecule is CN1N=C(c2ccccc2Br)Oc2cnc(-c3c(N)cccc3S(C)=O)nc21. The molecule has 0 amide bonds. The van der Waals surface area contributed by atoms with Crippen molar-refractivity contribution < 1.29 is 8.95 Å². The highest BCUT2D eigenvalue weighted by Crippen LogP contribution is 2.35. The molecule has 142 valence electrons. The summed E-state index contributed by atoms with van der Waals surface area (Å²) in [6.07, 6.45) is 3.18. The first-order valence-corrected chi connectivity index (χ1v) is 10.6. The average Bonchev–Trinajstić information content (AvgIpc) is 2.68. The van der Waals surface area contributed by atoms with Crippen LogP contribution >= 0.6 is 15.9 Å². The summed E-state index contributed by atoms with van der Waals surface area (Å²) in [4.78, 5) is 9.56. The second-order valence-corrected chi connectivity index (χ2v) is 8.27. The lowest BCUT2D eigenvalue weighted by Gasteiger charge is -2.24. The van der Waals surface area contributed by atoms with Gasteiger partial charge in [0.2, 0.25) is 5.90 Å². The van der Waals surface area contributed by atoms with E-state index in [9.17, 15) is 4.21 Å². The molecule has 0 saturated carbocycles. The molecule has 0 saturated heterocycles. The van der Waals surface area contributed by atoms with Crippen LogP contribution in [0.4, 0.5) is 11.5 Å². The van der Waals surface area contributed by atoms with Crippen molar-refractivity contribution >= 4 is 44.1 Å². The molecule has 4 rings (SSSR count). The Hall–Kier alpha value is -2.78. The van der Waals surface area contributed by atoms with E-state index in [1.54, 1.807) is 42.7 Å². The van der Waals surface area contributed by atoms with Gasteiger partial charge in [-0.3, -0.25) is 4.21 Å². The number of rotatable bonds is 3. The zero-order valence-electron chi connectivity index (χ0n) is 15.1. The monoisotopic (exact) mass is 457 g/mol. The van der Waals surface area contributed by atoms with Gasteiger partial charge in [-0.1, -0.05) is 18.2 Å². The molecule has 2 N–H and O–H groups in total. The van der Waals surface area contributed by atoms with E-state index in [4.69, 9.17) is 10.5 Å². The van der Waals surface area contributed by atoms with E-state index in [0.29, 0.717) is 39.4 Å². The molecule has 2 aromatic carbocycles. The number of hydrazone groups is 1. The molecule has 7 nitrogen and oxygen atoms in total. The third-order valence-electron chi connectivity index (χ3n) is 4.19. The highest BCUT2D eigenvalue weighted by atomic mass is 79.9. The van der Waals surface area contributed by atoms with Crippen LogP contribution in [0.1, 0.15) is 5.56 Å². The Morgan fingerprint density at radius 3 is 2.71 bits per heavy atom. The largest absolute Gasteiger partial charge is 0.431 e. The molecule has 9 heteroatoms. The summed E-state index contributed by atoms with van der Waals surface area (Å²) in [5, 5.41) is 6.11. The number of ether oxygens (including phenoxy) is 1. The van der Waals surface area contributed by atoms with Crippen LogP contribution in [0.5, 0.6) is 5.75 Å². The quantitative estimate of drug-likeness (QED) is 0.605. The van der Waals surface area contributed by atoms with Crippen LogP contribution in [-0.2, 0) is 10.8 Å². The number of anilines is 2. The highest BCUT2D eigenvalue weighted by molar-refractivity contribution is 9.10. The van der Waals surface area contributed by atoms with E-state index in [2.05, 4.69) is 31.0 Å². The second-order valence-electron chi connectivity index (χ2n) is 6.07. The minimum atomic E-state index is -1.23. The Morgan fingerprint density at radius 1 is 1.18 bits per heavy atom. The molecule has 0 aliphatic carbocycles. The minimum absolute atomic E-state index is 0.372. The van der Waals surface area contributed by atoms with Crippen molar-refractivity contribution in [3.05, 3.63) is 58.7 Å². The zero-order valence-corrected chi connectivity index (χ0v) is 17.5. The van der Waals surface area contributed by atoms with Gasteiger partial charge in [-0.2, -0.15) is 0 Å². The van der Waals surface area contributed by atoms with Gasteiger partial charge >= 0.3 is 0 Å². The van der Waals surface area contributed by atoms with Crippen molar-refractivity contribution in [3.63, 3.8) is 0 Å². The summed E-state index contributed by atoms with van der Waals surface area (Å²) < 4.78 is 18.9. The predicted molar refractivity (Wildman–Crippen MR) is 114 cm³/mol. The van der Waals surface area contributed by atoms with Gasteiger partial charge in [-0.05, 0) is 40.2 Å². The van der Waals surface area contributed by atoms with Crippen molar-refractivity contribution in [2.75, 3.05) is 24.0 Å². The van der Waals surface area contributed by atoms with Crippen LogP contribution in [0.25, 0.3) is 11.4 Å². The van der Waals surface area contributed by atoms with Crippen molar-refractivity contribution in [1.82, 2.24) is 9.97 Å². The molecule has 0 spiro atoms. The molecule has 3 aromatic rings. The molecule has 1 aliphatic heterocycles. The van der Waals surface area contributed by atoms with E-state index in [-0.39, 0.29) is 0 Å². The first kappa shape index (κ1) is 18.6. The number of halogens is 1. The van der Waals surface area contributed by atoms with E-state index in [1.165, 1.54) is 0 Å². The molecule has 1 aliphatic rings. The first-order valence-electron chi connectivity index (χ1n) is 8.30. The number of nitrogens with zero attached hydrogens (tertiary/aromatic N) is 4. The Balaban J connectivity index is 1.78. The average molecular weight is 458 g/mol. The first-order chi connectivity index (χ1) is 13.5. The van der Waals surface area contributed by atoms with Crippen LogP contribution in [0.15, 0.2) is 63.1 Å². The Kier molecular flexibility index (Phi) is 4.86. The summed E-state index contributed by atoms with van der Waals surface area (Å²) in [6, 6.07) is 12.9. The molecule has 2 heterocycles. The molecule has 0 bridgehead atoms. The van der Waals surface area contributed by atoms with Gasteiger partial charge in [0.25, 0.3) is 0 Å². The number of hydrogen-bond acceptors (Lipinski definition) is 7. The van der Waals surface area contributed by atoms with E-state index >= 15 is 0 Å². The Bertz CT molecular complexity index is 1140. The maximum absolute atomic E-state index is 12.1. The fourth-order valence-corrected chi connectivity index (χ4v) is 4.09. The lowest BCUT2D eigenvalue weighted by Crippen LogP contribution is -2.26. The predicted octanol–water partition coefficient (Wildman–Crippen LogP) is 3.42. The number of nitrogens with two attached hydrogens (primary N) is 1. The molecule has 0 fully saturated rings.